The summed E-state index contributed by atoms with van der Waals surface area (Å²) in [4.78, 5) is 0. The van der Waals surface area contributed by atoms with Crippen molar-refractivity contribution in [3.8, 4) is 23.0 Å². The average Bonchev–Trinajstić information content (AvgIpc) is 2.78. The molecule has 30 heavy (non-hydrogen) atoms. The fraction of sp³-hybridized carbons (Fsp3) is 0.200. The minimum absolute atomic E-state index is 0.101. The van der Waals surface area contributed by atoms with Gasteiger partial charge in [-0.15, -0.1) is 11.6 Å². The standard InChI is InChI=1S/C25H25ClO4/c1-3-22(19-8-13-23(28)24(16-19)29-2)25(17-4-9-20(27)10-5-17)18-6-11-21(12-7-18)30-15-14-26/h4-13,16,27-28H,3,14-15H2,1-2H3. The fourth-order valence-corrected chi connectivity index (χ4v) is 3.49. The summed E-state index contributed by atoms with van der Waals surface area (Å²) in [5.74, 6) is 1.93. The van der Waals surface area contributed by atoms with E-state index in [1.54, 1.807) is 18.2 Å². The van der Waals surface area contributed by atoms with Gasteiger partial charge < -0.3 is 19.7 Å². The zero-order valence-corrected chi connectivity index (χ0v) is 17.8. The number of hydrogen-bond acceptors (Lipinski definition) is 4. The Morgan fingerprint density at radius 2 is 1.47 bits per heavy atom. The molecular weight excluding hydrogens is 400 g/mol. The first kappa shape index (κ1) is 21.6. The topological polar surface area (TPSA) is 58.9 Å². The number of methoxy groups -OCH3 is 1. The van der Waals surface area contributed by atoms with E-state index in [4.69, 9.17) is 21.1 Å². The van der Waals surface area contributed by atoms with Crippen molar-refractivity contribution in [3.05, 3.63) is 83.4 Å². The van der Waals surface area contributed by atoms with Crippen molar-refractivity contribution in [2.75, 3.05) is 19.6 Å². The number of alkyl halides is 1. The highest BCUT2D eigenvalue weighted by Gasteiger charge is 2.15. The number of rotatable bonds is 8. The average molecular weight is 425 g/mol. The molecule has 0 bridgehead atoms. The molecule has 0 aliphatic carbocycles. The number of benzene rings is 3. The molecule has 0 unspecified atom stereocenters. The fourth-order valence-electron chi connectivity index (χ4n) is 3.41. The summed E-state index contributed by atoms with van der Waals surface area (Å²) in [6.45, 7) is 2.54. The van der Waals surface area contributed by atoms with Crippen molar-refractivity contribution < 1.29 is 19.7 Å². The van der Waals surface area contributed by atoms with Crippen molar-refractivity contribution in [2.24, 2.45) is 0 Å². The SMILES string of the molecule is CCC(=C(c1ccc(O)cc1)c1ccc(OCCCl)cc1)c1ccc(O)c(OC)c1. The molecule has 0 saturated carbocycles. The van der Waals surface area contributed by atoms with Crippen LogP contribution in [0.2, 0.25) is 0 Å². The quantitative estimate of drug-likeness (QED) is 0.339. The molecule has 0 atom stereocenters. The predicted molar refractivity (Wildman–Crippen MR) is 122 cm³/mol. The maximum atomic E-state index is 10.0. The number of ether oxygens (including phenoxy) is 2. The summed E-state index contributed by atoms with van der Waals surface area (Å²) < 4.78 is 10.9. The van der Waals surface area contributed by atoms with Crippen LogP contribution in [0.4, 0.5) is 0 Å². The maximum absolute atomic E-state index is 10.0. The van der Waals surface area contributed by atoms with Crippen molar-refractivity contribution in [3.63, 3.8) is 0 Å². The lowest BCUT2D eigenvalue weighted by Crippen LogP contribution is -1.99. The summed E-state index contributed by atoms with van der Waals surface area (Å²) in [5, 5.41) is 19.8. The minimum Gasteiger partial charge on any atom is -0.508 e. The Bertz CT molecular complexity index is 1010. The molecule has 0 amide bonds. The van der Waals surface area contributed by atoms with Gasteiger partial charge in [0.1, 0.15) is 18.1 Å². The highest BCUT2D eigenvalue weighted by Crippen LogP contribution is 2.38. The Morgan fingerprint density at radius 1 is 0.867 bits per heavy atom. The summed E-state index contributed by atoms with van der Waals surface area (Å²) in [5.41, 5.74) is 5.08. The molecule has 5 heteroatoms. The van der Waals surface area contributed by atoms with E-state index in [0.717, 1.165) is 40.0 Å². The number of halogens is 1. The Hall–Kier alpha value is -3.11. The van der Waals surface area contributed by atoms with Crippen LogP contribution >= 0.6 is 11.6 Å². The molecule has 156 valence electrons. The van der Waals surface area contributed by atoms with Crippen LogP contribution in [0, 0.1) is 0 Å². The van der Waals surface area contributed by atoms with Crippen molar-refractivity contribution >= 4 is 22.7 Å². The van der Waals surface area contributed by atoms with Crippen molar-refractivity contribution in [2.45, 2.75) is 13.3 Å². The van der Waals surface area contributed by atoms with E-state index in [-0.39, 0.29) is 11.5 Å². The van der Waals surface area contributed by atoms with Crippen LogP contribution in [0.3, 0.4) is 0 Å². The van der Waals surface area contributed by atoms with Gasteiger partial charge in [0.15, 0.2) is 11.5 Å². The predicted octanol–water partition coefficient (Wildman–Crippen LogP) is 6.09. The van der Waals surface area contributed by atoms with E-state index in [1.807, 2.05) is 48.5 Å². The summed E-state index contributed by atoms with van der Waals surface area (Å²) in [6, 6.07) is 20.4. The third-order valence-electron chi connectivity index (χ3n) is 4.83. The smallest absolute Gasteiger partial charge is 0.161 e. The van der Waals surface area contributed by atoms with Crippen LogP contribution in [0.15, 0.2) is 66.7 Å². The van der Waals surface area contributed by atoms with Gasteiger partial charge in [-0.2, -0.15) is 0 Å². The molecule has 2 N–H and O–H groups in total. The van der Waals surface area contributed by atoms with Gasteiger partial charge in [-0.1, -0.05) is 37.3 Å². The van der Waals surface area contributed by atoms with Crippen molar-refractivity contribution in [1.29, 1.82) is 0 Å². The largest absolute Gasteiger partial charge is 0.508 e. The van der Waals surface area contributed by atoms with Gasteiger partial charge in [0.2, 0.25) is 0 Å². The molecule has 0 spiro atoms. The maximum Gasteiger partial charge on any atom is 0.161 e. The number of aromatic hydroxyl groups is 2. The van der Waals surface area contributed by atoms with Crippen LogP contribution in [-0.2, 0) is 0 Å². The summed E-state index contributed by atoms with van der Waals surface area (Å²) in [7, 11) is 1.54. The highest BCUT2D eigenvalue weighted by molar-refractivity contribution is 6.18. The molecule has 4 nitrogen and oxygen atoms in total. The lowest BCUT2D eigenvalue weighted by atomic mass is 9.88. The summed E-state index contributed by atoms with van der Waals surface area (Å²) >= 11 is 5.71. The first-order valence-electron chi connectivity index (χ1n) is 9.76. The second-order valence-corrected chi connectivity index (χ2v) is 7.08. The zero-order valence-electron chi connectivity index (χ0n) is 17.1. The molecule has 0 aliphatic rings. The van der Waals surface area contributed by atoms with Gasteiger partial charge in [0.25, 0.3) is 0 Å². The van der Waals surface area contributed by atoms with E-state index in [0.29, 0.717) is 18.2 Å². The van der Waals surface area contributed by atoms with Gasteiger partial charge in [-0.25, -0.2) is 0 Å². The van der Waals surface area contributed by atoms with E-state index in [1.165, 1.54) is 7.11 Å². The Kier molecular flexibility index (Phi) is 7.26. The molecule has 3 aromatic carbocycles. The van der Waals surface area contributed by atoms with Crippen LogP contribution in [0.1, 0.15) is 30.0 Å². The van der Waals surface area contributed by atoms with E-state index in [2.05, 4.69) is 6.92 Å². The first-order valence-corrected chi connectivity index (χ1v) is 10.3. The number of phenols is 2. The van der Waals surface area contributed by atoms with Gasteiger partial charge in [0, 0.05) is 0 Å². The molecule has 3 aromatic rings. The highest BCUT2D eigenvalue weighted by atomic mass is 35.5. The normalized spacial score (nSPS) is 11.7. The summed E-state index contributed by atoms with van der Waals surface area (Å²) in [6.07, 6.45) is 0.759. The molecule has 0 radical (unpaired) electrons. The van der Waals surface area contributed by atoms with Crippen LogP contribution < -0.4 is 9.47 Å². The van der Waals surface area contributed by atoms with Crippen LogP contribution in [0.25, 0.3) is 11.1 Å². The second-order valence-electron chi connectivity index (χ2n) is 6.70. The van der Waals surface area contributed by atoms with E-state index in [9.17, 15) is 10.2 Å². The Morgan fingerprint density at radius 3 is 2.03 bits per heavy atom. The molecule has 0 fully saturated rings. The molecule has 0 heterocycles. The number of allylic oxidation sites excluding steroid dienone is 1. The van der Waals surface area contributed by atoms with Gasteiger partial charge >= 0.3 is 0 Å². The Balaban J connectivity index is 2.18. The van der Waals surface area contributed by atoms with Gasteiger partial charge in [0.05, 0.1) is 13.0 Å². The monoisotopic (exact) mass is 424 g/mol. The third-order valence-corrected chi connectivity index (χ3v) is 4.98. The number of hydrogen-bond donors (Lipinski definition) is 2. The zero-order chi connectivity index (χ0) is 21.5. The minimum atomic E-state index is 0.101. The molecule has 0 aromatic heterocycles. The van der Waals surface area contributed by atoms with Gasteiger partial charge in [-0.3, -0.25) is 0 Å². The molecule has 0 saturated heterocycles. The third kappa shape index (κ3) is 4.89. The van der Waals surface area contributed by atoms with Crippen LogP contribution in [0.5, 0.6) is 23.0 Å². The van der Waals surface area contributed by atoms with E-state index < -0.39 is 0 Å². The second kappa shape index (κ2) is 10.1. The van der Waals surface area contributed by atoms with Crippen LogP contribution in [-0.4, -0.2) is 29.8 Å². The van der Waals surface area contributed by atoms with Crippen molar-refractivity contribution in [1.82, 2.24) is 0 Å². The van der Waals surface area contributed by atoms with E-state index >= 15 is 0 Å². The lowest BCUT2D eigenvalue weighted by molar-refractivity contribution is 0.343. The first-order chi connectivity index (χ1) is 14.6. The Labute approximate surface area is 182 Å². The lowest BCUT2D eigenvalue weighted by Gasteiger charge is -2.18. The molecular formula is C25H25ClO4. The number of phenolic OH excluding ortho intramolecular Hbond substituents is 2. The molecule has 3 rings (SSSR count). The molecule has 0 aliphatic heterocycles. The van der Waals surface area contributed by atoms with Gasteiger partial charge in [-0.05, 0) is 70.7 Å².